The van der Waals surface area contributed by atoms with Gasteiger partial charge in [-0.05, 0) is 24.3 Å². The molecule has 0 saturated heterocycles. The van der Waals surface area contributed by atoms with Crippen LogP contribution in [0.15, 0.2) is 36.7 Å². The third-order valence-corrected chi connectivity index (χ3v) is 2.18. The van der Waals surface area contributed by atoms with Crippen LogP contribution in [-0.4, -0.2) is 15.9 Å². The van der Waals surface area contributed by atoms with Crippen molar-refractivity contribution in [1.82, 2.24) is 9.97 Å². The molecule has 0 spiro atoms. The van der Waals surface area contributed by atoms with E-state index in [-0.39, 0.29) is 11.1 Å². The summed E-state index contributed by atoms with van der Waals surface area (Å²) in [7, 11) is 0. The molecule has 1 amide bonds. The standard InChI is InChI=1S/C11H7ClFN3O/c12-9-5-7(3-4-14-9)11(17)16-8-1-2-10(13)15-6-8/h1-6H,(H,16,17). The van der Waals surface area contributed by atoms with Crippen LogP contribution in [0.3, 0.4) is 0 Å². The molecule has 2 aromatic heterocycles. The summed E-state index contributed by atoms with van der Waals surface area (Å²) in [5, 5.41) is 2.79. The molecule has 0 radical (unpaired) electrons. The zero-order valence-electron chi connectivity index (χ0n) is 8.52. The Hall–Kier alpha value is -2.01. The molecule has 1 N–H and O–H groups in total. The number of nitrogens with zero attached hydrogens (tertiary/aromatic N) is 2. The summed E-state index contributed by atoms with van der Waals surface area (Å²) in [6, 6.07) is 5.55. The van der Waals surface area contributed by atoms with Gasteiger partial charge in [-0.15, -0.1) is 0 Å². The predicted molar refractivity (Wildman–Crippen MR) is 61.4 cm³/mol. The van der Waals surface area contributed by atoms with Gasteiger partial charge in [0.2, 0.25) is 5.95 Å². The fraction of sp³-hybridized carbons (Fsp3) is 0. The number of aromatic nitrogens is 2. The summed E-state index contributed by atoms with van der Waals surface area (Å²) < 4.78 is 12.6. The second kappa shape index (κ2) is 4.88. The van der Waals surface area contributed by atoms with E-state index in [9.17, 15) is 9.18 Å². The fourth-order valence-corrected chi connectivity index (χ4v) is 1.37. The minimum atomic E-state index is -0.602. The van der Waals surface area contributed by atoms with Gasteiger partial charge in [0.05, 0.1) is 11.9 Å². The summed E-state index contributed by atoms with van der Waals surface area (Å²) in [6.07, 6.45) is 2.66. The van der Waals surface area contributed by atoms with Gasteiger partial charge in [-0.25, -0.2) is 9.97 Å². The van der Waals surface area contributed by atoms with Gasteiger partial charge < -0.3 is 5.32 Å². The quantitative estimate of drug-likeness (QED) is 0.835. The second-order valence-electron chi connectivity index (χ2n) is 3.19. The molecule has 0 aromatic carbocycles. The van der Waals surface area contributed by atoms with Crippen molar-refractivity contribution in [3.8, 4) is 0 Å². The Bertz CT molecular complexity index is 545. The van der Waals surface area contributed by atoms with Crippen molar-refractivity contribution < 1.29 is 9.18 Å². The van der Waals surface area contributed by atoms with E-state index in [2.05, 4.69) is 15.3 Å². The van der Waals surface area contributed by atoms with Gasteiger partial charge in [0.25, 0.3) is 5.91 Å². The molecule has 0 saturated carbocycles. The Balaban J connectivity index is 2.14. The second-order valence-corrected chi connectivity index (χ2v) is 3.58. The van der Waals surface area contributed by atoms with Crippen molar-refractivity contribution in [3.63, 3.8) is 0 Å². The maximum Gasteiger partial charge on any atom is 0.255 e. The molecule has 0 aliphatic carbocycles. The number of anilines is 1. The average Bonchev–Trinajstić information content (AvgIpc) is 2.32. The summed E-state index contributed by atoms with van der Waals surface area (Å²) in [5.41, 5.74) is 0.777. The largest absolute Gasteiger partial charge is 0.321 e. The lowest BCUT2D eigenvalue weighted by atomic mass is 10.2. The molecular weight excluding hydrogens is 245 g/mol. The summed E-state index contributed by atoms with van der Waals surface area (Å²) in [5.74, 6) is -0.960. The zero-order valence-corrected chi connectivity index (χ0v) is 9.28. The van der Waals surface area contributed by atoms with Crippen LogP contribution in [0.5, 0.6) is 0 Å². The monoisotopic (exact) mass is 251 g/mol. The number of pyridine rings is 2. The minimum absolute atomic E-state index is 0.231. The van der Waals surface area contributed by atoms with E-state index in [0.717, 1.165) is 6.07 Å². The lowest BCUT2D eigenvalue weighted by Crippen LogP contribution is -2.12. The van der Waals surface area contributed by atoms with Crippen LogP contribution in [0, 0.1) is 5.95 Å². The maximum absolute atomic E-state index is 12.6. The van der Waals surface area contributed by atoms with Gasteiger partial charge in [-0.1, -0.05) is 11.6 Å². The number of rotatable bonds is 2. The van der Waals surface area contributed by atoms with E-state index >= 15 is 0 Å². The summed E-state index contributed by atoms with van der Waals surface area (Å²) in [4.78, 5) is 18.9. The number of amides is 1. The van der Waals surface area contributed by atoms with Crippen LogP contribution in [-0.2, 0) is 0 Å². The smallest absolute Gasteiger partial charge is 0.255 e. The van der Waals surface area contributed by atoms with Gasteiger partial charge in [0.1, 0.15) is 5.15 Å². The van der Waals surface area contributed by atoms with Crippen molar-refractivity contribution >= 4 is 23.2 Å². The van der Waals surface area contributed by atoms with Crippen LogP contribution in [0.25, 0.3) is 0 Å². The molecule has 2 rings (SSSR count). The predicted octanol–water partition coefficient (Wildman–Crippen LogP) is 2.52. The van der Waals surface area contributed by atoms with Gasteiger partial charge in [-0.3, -0.25) is 4.79 Å². The highest BCUT2D eigenvalue weighted by Crippen LogP contribution is 2.11. The first-order chi connectivity index (χ1) is 8.15. The van der Waals surface area contributed by atoms with Crippen LogP contribution in [0.4, 0.5) is 10.1 Å². The summed E-state index contributed by atoms with van der Waals surface area (Å²) in [6.45, 7) is 0. The van der Waals surface area contributed by atoms with Crippen molar-refractivity contribution in [1.29, 1.82) is 0 Å². The van der Waals surface area contributed by atoms with Gasteiger partial charge in [0, 0.05) is 11.8 Å². The molecule has 0 aliphatic rings. The molecule has 2 aromatic rings. The van der Waals surface area contributed by atoms with Gasteiger partial charge in [0.15, 0.2) is 0 Å². The fourth-order valence-electron chi connectivity index (χ4n) is 1.20. The lowest BCUT2D eigenvalue weighted by molar-refractivity contribution is 0.102. The van der Waals surface area contributed by atoms with E-state index in [4.69, 9.17) is 11.6 Å². The van der Waals surface area contributed by atoms with Crippen LogP contribution in [0.1, 0.15) is 10.4 Å². The molecule has 0 fully saturated rings. The van der Waals surface area contributed by atoms with Crippen molar-refractivity contribution in [2.24, 2.45) is 0 Å². The normalized spacial score (nSPS) is 10.0. The Morgan fingerprint density at radius 3 is 2.76 bits per heavy atom. The highest BCUT2D eigenvalue weighted by atomic mass is 35.5. The number of hydrogen-bond donors (Lipinski definition) is 1. The van der Waals surface area contributed by atoms with E-state index in [0.29, 0.717) is 11.3 Å². The Morgan fingerprint density at radius 1 is 1.29 bits per heavy atom. The molecule has 6 heteroatoms. The molecule has 4 nitrogen and oxygen atoms in total. The third kappa shape index (κ3) is 2.98. The third-order valence-electron chi connectivity index (χ3n) is 1.97. The van der Waals surface area contributed by atoms with Crippen molar-refractivity contribution in [2.75, 3.05) is 5.32 Å². The van der Waals surface area contributed by atoms with Crippen LogP contribution >= 0.6 is 11.6 Å². The number of nitrogens with one attached hydrogen (secondary N) is 1. The molecule has 0 unspecified atom stereocenters. The van der Waals surface area contributed by atoms with E-state index < -0.39 is 5.95 Å². The Kier molecular flexibility index (Phi) is 3.30. The number of halogens is 2. The van der Waals surface area contributed by atoms with E-state index in [1.165, 1.54) is 30.6 Å². The van der Waals surface area contributed by atoms with E-state index in [1.54, 1.807) is 0 Å². The molecule has 17 heavy (non-hydrogen) atoms. The molecule has 0 atom stereocenters. The average molecular weight is 252 g/mol. The number of carbonyl (C=O) groups is 1. The first kappa shape index (κ1) is 11.5. The minimum Gasteiger partial charge on any atom is -0.321 e. The molecule has 86 valence electrons. The molecule has 2 heterocycles. The highest BCUT2D eigenvalue weighted by molar-refractivity contribution is 6.29. The van der Waals surface area contributed by atoms with Crippen molar-refractivity contribution in [3.05, 3.63) is 53.3 Å². The van der Waals surface area contributed by atoms with E-state index in [1.807, 2.05) is 0 Å². The summed E-state index contributed by atoms with van der Waals surface area (Å²) >= 11 is 5.66. The van der Waals surface area contributed by atoms with Gasteiger partial charge >= 0.3 is 0 Å². The zero-order chi connectivity index (χ0) is 12.3. The van der Waals surface area contributed by atoms with Crippen LogP contribution in [0.2, 0.25) is 5.15 Å². The SMILES string of the molecule is O=C(Nc1ccc(F)nc1)c1ccnc(Cl)c1. The Labute approximate surface area is 101 Å². The van der Waals surface area contributed by atoms with Crippen LogP contribution < -0.4 is 5.32 Å². The maximum atomic E-state index is 12.6. The lowest BCUT2D eigenvalue weighted by Gasteiger charge is -2.04. The Morgan fingerprint density at radius 2 is 2.12 bits per heavy atom. The topological polar surface area (TPSA) is 54.9 Å². The molecule has 0 bridgehead atoms. The highest BCUT2D eigenvalue weighted by Gasteiger charge is 2.07. The molecule has 0 aliphatic heterocycles. The van der Waals surface area contributed by atoms with Gasteiger partial charge in [-0.2, -0.15) is 4.39 Å². The molecular formula is C11H7ClFN3O. The number of carbonyl (C=O) groups excluding carboxylic acids is 1. The number of hydrogen-bond acceptors (Lipinski definition) is 3. The first-order valence-electron chi connectivity index (χ1n) is 4.69. The van der Waals surface area contributed by atoms with Crippen molar-refractivity contribution in [2.45, 2.75) is 0 Å². The first-order valence-corrected chi connectivity index (χ1v) is 5.07.